The molecule has 1 aliphatic heterocycles. The Balaban J connectivity index is 1.44. The number of hydrogen-bond donors (Lipinski definition) is 0. The maximum Gasteiger partial charge on any atom is 0.326 e. The first-order chi connectivity index (χ1) is 13.5. The van der Waals surface area contributed by atoms with Crippen LogP contribution in [0.3, 0.4) is 0 Å². The Bertz CT molecular complexity index is 1150. The predicted octanol–water partition coefficient (Wildman–Crippen LogP) is 1.05. The van der Waals surface area contributed by atoms with E-state index in [9.17, 15) is 19.2 Å². The lowest BCUT2D eigenvalue weighted by molar-refractivity contribution is -0.145. The minimum Gasteiger partial charge on any atom is -0.458 e. The number of amides is 2. The van der Waals surface area contributed by atoms with Crippen molar-refractivity contribution in [1.82, 2.24) is 19.5 Å². The molecule has 0 aliphatic carbocycles. The van der Waals surface area contributed by atoms with Crippen molar-refractivity contribution in [3.05, 3.63) is 62.5 Å². The van der Waals surface area contributed by atoms with Gasteiger partial charge in [0.15, 0.2) is 0 Å². The van der Waals surface area contributed by atoms with E-state index in [0.717, 1.165) is 9.91 Å². The topological polar surface area (TPSA) is 111 Å². The summed E-state index contributed by atoms with van der Waals surface area (Å²) in [6.45, 7) is 1.17. The van der Waals surface area contributed by atoms with Gasteiger partial charge < -0.3 is 4.74 Å². The molecule has 0 spiro atoms. The third-order valence-corrected chi connectivity index (χ3v) is 5.24. The second-order valence-electron chi connectivity index (χ2n) is 6.03. The quantitative estimate of drug-likeness (QED) is 0.467. The molecule has 2 amide bonds. The maximum atomic E-state index is 12.3. The van der Waals surface area contributed by atoms with Crippen molar-refractivity contribution in [2.24, 2.45) is 0 Å². The molecule has 0 atom stereocenters. The zero-order valence-corrected chi connectivity index (χ0v) is 15.6. The normalized spacial score (nSPS) is 13.2. The Labute approximate surface area is 162 Å². The lowest BCUT2D eigenvalue weighted by atomic mass is 10.1. The highest BCUT2D eigenvalue weighted by atomic mass is 32.1. The minimum atomic E-state index is -0.768. The zero-order valence-electron chi connectivity index (χ0n) is 14.7. The van der Waals surface area contributed by atoms with Crippen LogP contribution >= 0.6 is 11.3 Å². The van der Waals surface area contributed by atoms with Crippen LogP contribution in [0.15, 0.2) is 35.1 Å². The van der Waals surface area contributed by atoms with Gasteiger partial charge in [-0.15, -0.1) is 0 Å². The summed E-state index contributed by atoms with van der Waals surface area (Å²) in [7, 11) is 0. The SMILES string of the molecule is CCc1nn2c(=O)cc(COC(=O)CN3C(=O)c4ccccc4C3=O)nc2s1. The molecule has 142 valence electrons. The van der Waals surface area contributed by atoms with Gasteiger partial charge in [-0.05, 0) is 18.6 Å². The zero-order chi connectivity index (χ0) is 19.8. The summed E-state index contributed by atoms with van der Waals surface area (Å²) in [4.78, 5) is 54.3. The Morgan fingerprint density at radius 2 is 1.82 bits per heavy atom. The van der Waals surface area contributed by atoms with Crippen LogP contribution in [0.2, 0.25) is 0 Å². The fourth-order valence-corrected chi connectivity index (χ4v) is 3.68. The maximum absolute atomic E-state index is 12.3. The number of esters is 1. The summed E-state index contributed by atoms with van der Waals surface area (Å²) < 4.78 is 6.31. The summed E-state index contributed by atoms with van der Waals surface area (Å²) in [6, 6.07) is 7.60. The van der Waals surface area contributed by atoms with Crippen LogP contribution in [0.1, 0.15) is 38.3 Å². The Kier molecular flexibility index (Phi) is 4.47. The molecule has 0 saturated carbocycles. The third kappa shape index (κ3) is 3.07. The lowest BCUT2D eigenvalue weighted by Crippen LogP contribution is -2.35. The molecule has 28 heavy (non-hydrogen) atoms. The van der Waals surface area contributed by atoms with Crippen LogP contribution in [0.5, 0.6) is 0 Å². The number of imide groups is 1. The Hall–Kier alpha value is -3.40. The van der Waals surface area contributed by atoms with Gasteiger partial charge in [-0.3, -0.25) is 24.1 Å². The molecule has 2 aromatic heterocycles. The van der Waals surface area contributed by atoms with Crippen molar-refractivity contribution >= 4 is 34.1 Å². The average Bonchev–Trinajstić information content (AvgIpc) is 3.22. The van der Waals surface area contributed by atoms with Gasteiger partial charge in [0.1, 0.15) is 18.2 Å². The highest BCUT2D eigenvalue weighted by Crippen LogP contribution is 2.22. The molecule has 0 saturated heterocycles. The number of fused-ring (bicyclic) bond motifs is 2. The van der Waals surface area contributed by atoms with Gasteiger partial charge in [-0.1, -0.05) is 30.4 Å². The van der Waals surface area contributed by atoms with Gasteiger partial charge in [-0.2, -0.15) is 9.61 Å². The molecule has 0 fully saturated rings. The number of carbonyl (C=O) groups is 3. The minimum absolute atomic E-state index is 0.243. The molecule has 0 N–H and O–H groups in total. The summed E-state index contributed by atoms with van der Waals surface area (Å²) in [5, 5.41) is 4.91. The van der Waals surface area contributed by atoms with E-state index in [1.165, 1.54) is 34.1 Å². The Morgan fingerprint density at radius 1 is 1.14 bits per heavy atom. The van der Waals surface area contributed by atoms with E-state index in [4.69, 9.17) is 4.74 Å². The van der Waals surface area contributed by atoms with Gasteiger partial charge >= 0.3 is 5.97 Å². The average molecular weight is 398 g/mol. The van der Waals surface area contributed by atoms with E-state index in [-0.39, 0.29) is 29.0 Å². The van der Waals surface area contributed by atoms with Crippen molar-refractivity contribution in [1.29, 1.82) is 0 Å². The molecule has 0 bridgehead atoms. The predicted molar refractivity (Wildman–Crippen MR) is 98.1 cm³/mol. The molecule has 9 nitrogen and oxygen atoms in total. The van der Waals surface area contributed by atoms with Crippen LogP contribution < -0.4 is 5.56 Å². The van der Waals surface area contributed by atoms with E-state index in [2.05, 4.69) is 10.1 Å². The van der Waals surface area contributed by atoms with Gasteiger partial charge in [0, 0.05) is 6.07 Å². The fourth-order valence-electron chi connectivity index (χ4n) is 2.82. The highest BCUT2D eigenvalue weighted by Gasteiger charge is 2.36. The van der Waals surface area contributed by atoms with Crippen molar-refractivity contribution in [3.63, 3.8) is 0 Å². The van der Waals surface area contributed by atoms with Gasteiger partial charge in [0.2, 0.25) is 4.96 Å². The lowest BCUT2D eigenvalue weighted by Gasteiger charge is -2.12. The van der Waals surface area contributed by atoms with Crippen LogP contribution in [0.4, 0.5) is 0 Å². The van der Waals surface area contributed by atoms with Crippen molar-refractivity contribution in [2.45, 2.75) is 20.0 Å². The Morgan fingerprint density at radius 3 is 2.46 bits per heavy atom. The highest BCUT2D eigenvalue weighted by molar-refractivity contribution is 7.16. The van der Waals surface area contributed by atoms with Crippen LogP contribution in [0, 0.1) is 0 Å². The molecule has 1 aromatic carbocycles. The number of ether oxygens (including phenoxy) is 1. The smallest absolute Gasteiger partial charge is 0.326 e. The monoisotopic (exact) mass is 398 g/mol. The number of nitrogens with zero attached hydrogens (tertiary/aromatic N) is 4. The van der Waals surface area contributed by atoms with Gasteiger partial charge in [-0.25, -0.2) is 4.98 Å². The van der Waals surface area contributed by atoms with E-state index >= 15 is 0 Å². The number of benzene rings is 1. The first kappa shape index (κ1) is 18.0. The second kappa shape index (κ2) is 6.97. The number of carbonyl (C=O) groups excluding carboxylic acids is 3. The number of hydrogen-bond acceptors (Lipinski definition) is 8. The summed E-state index contributed by atoms with van der Waals surface area (Å²) in [5.41, 5.74) is 0.425. The van der Waals surface area contributed by atoms with Crippen molar-refractivity contribution in [3.8, 4) is 0 Å². The van der Waals surface area contributed by atoms with Crippen LogP contribution in [-0.2, 0) is 22.6 Å². The summed E-state index contributed by atoms with van der Waals surface area (Å²) >= 11 is 1.28. The van der Waals surface area contributed by atoms with Gasteiger partial charge in [0.25, 0.3) is 17.4 Å². The molecule has 10 heteroatoms. The summed E-state index contributed by atoms with van der Waals surface area (Å²) in [6.07, 6.45) is 0.679. The first-order valence-corrected chi connectivity index (χ1v) is 9.29. The third-order valence-electron chi connectivity index (χ3n) is 4.19. The standard InChI is InChI=1S/C18H14N4O5S/c1-2-13-20-22-14(23)7-10(19-18(22)28-13)9-27-15(24)8-21-16(25)11-5-3-4-6-12(11)17(21)26/h3-7H,2,8-9H2,1H3. The largest absolute Gasteiger partial charge is 0.458 e. The van der Waals surface area contributed by atoms with Crippen molar-refractivity contribution < 1.29 is 19.1 Å². The second-order valence-corrected chi connectivity index (χ2v) is 7.07. The molecule has 3 heterocycles. The van der Waals surface area contributed by atoms with E-state index in [1.54, 1.807) is 12.1 Å². The van der Waals surface area contributed by atoms with E-state index < -0.39 is 24.3 Å². The number of aromatic nitrogens is 3. The molecule has 1 aliphatic rings. The van der Waals surface area contributed by atoms with E-state index in [0.29, 0.717) is 11.4 Å². The number of rotatable bonds is 5. The molecule has 0 unspecified atom stereocenters. The van der Waals surface area contributed by atoms with Crippen molar-refractivity contribution in [2.75, 3.05) is 6.54 Å². The molecule has 4 rings (SSSR count). The molecule has 3 aromatic rings. The van der Waals surface area contributed by atoms with E-state index in [1.807, 2.05) is 6.92 Å². The van der Waals surface area contributed by atoms with Gasteiger partial charge in [0.05, 0.1) is 16.8 Å². The van der Waals surface area contributed by atoms with Crippen LogP contribution in [-0.4, -0.2) is 43.8 Å². The summed E-state index contributed by atoms with van der Waals surface area (Å²) in [5.74, 6) is -1.84. The first-order valence-electron chi connectivity index (χ1n) is 8.47. The number of aryl methyl sites for hydroxylation is 1. The fraction of sp³-hybridized carbons (Fsp3) is 0.222. The molecular formula is C18H14N4O5S. The molecule has 0 radical (unpaired) electrons. The molecular weight excluding hydrogens is 384 g/mol. The van der Waals surface area contributed by atoms with Crippen LogP contribution in [0.25, 0.3) is 4.96 Å².